The zero-order valence-electron chi connectivity index (χ0n) is 6.85. The Morgan fingerprint density at radius 3 is 2.17 bits per heavy atom. The largest absolute Gasteiger partial charge is 0.277 e. The molecule has 12 heavy (non-hydrogen) atoms. The van der Waals surface area contributed by atoms with Gasteiger partial charge in [0.25, 0.3) is 6.69 Å². The lowest BCUT2D eigenvalue weighted by atomic mass is 10.2. The van der Waals surface area contributed by atoms with E-state index in [-0.39, 0.29) is 0 Å². The van der Waals surface area contributed by atoms with Crippen molar-refractivity contribution in [3.05, 3.63) is 42.5 Å². The SMILES string of the molecule is C=C(c1ccccc1)[Si](C)(Cl)Cl. The monoisotopic (exact) mass is 216 g/mol. The number of hydrogen-bond donors (Lipinski definition) is 0. The van der Waals surface area contributed by atoms with Crippen LogP contribution in [0.1, 0.15) is 5.56 Å². The molecule has 64 valence electrons. The molecule has 0 fully saturated rings. The van der Waals surface area contributed by atoms with E-state index < -0.39 is 6.69 Å². The molecule has 0 unspecified atom stereocenters. The highest BCUT2D eigenvalue weighted by atomic mass is 35.7. The van der Waals surface area contributed by atoms with Gasteiger partial charge in [-0.1, -0.05) is 36.9 Å². The maximum atomic E-state index is 6.02. The van der Waals surface area contributed by atoms with Crippen molar-refractivity contribution in [3.63, 3.8) is 0 Å². The van der Waals surface area contributed by atoms with Crippen LogP contribution in [0, 0.1) is 0 Å². The van der Waals surface area contributed by atoms with Gasteiger partial charge in [-0.2, -0.15) is 0 Å². The van der Waals surface area contributed by atoms with E-state index in [1.54, 1.807) is 0 Å². The second-order valence-corrected chi connectivity index (χ2v) is 10.2. The Kier molecular flexibility index (Phi) is 2.99. The molecule has 0 saturated heterocycles. The van der Waals surface area contributed by atoms with Crippen LogP contribution in [0.2, 0.25) is 6.55 Å². The fourth-order valence-electron chi connectivity index (χ4n) is 0.893. The summed E-state index contributed by atoms with van der Waals surface area (Å²) in [5, 5.41) is 0.867. The van der Waals surface area contributed by atoms with Gasteiger partial charge in [0.05, 0.1) is 0 Å². The molecule has 0 aliphatic carbocycles. The predicted molar refractivity (Wildman–Crippen MR) is 58.8 cm³/mol. The smallest absolute Gasteiger partial charge is 0.140 e. The molecule has 3 heteroatoms. The first kappa shape index (κ1) is 9.84. The van der Waals surface area contributed by atoms with E-state index in [2.05, 4.69) is 6.58 Å². The van der Waals surface area contributed by atoms with Crippen LogP contribution >= 0.6 is 22.2 Å². The molecule has 0 aliphatic heterocycles. The highest BCUT2D eigenvalue weighted by molar-refractivity contribution is 7.52. The van der Waals surface area contributed by atoms with Crippen LogP contribution in [-0.4, -0.2) is 6.69 Å². The number of rotatable bonds is 2. The molecule has 0 heterocycles. The van der Waals surface area contributed by atoms with Gasteiger partial charge >= 0.3 is 0 Å². The minimum absolute atomic E-state index is 0.867. The summed E-state index contributed by atoms with van der Waals surface area (Å²) in [5.74, 6) is 0. The normalized spacial score (nSPS) is 11.2. The summed E-state index contributed by atoms with van der Waals surface area (Å²) in [5.41, 5.74) is 1.04. The van der Waals surface area contributed by atoms with Gasteiger partial charge < -0.3 is 0 Å². The van der Waals surface area contributed by atoms with Gasteiger partial charge in [0.1, 0.15) is 0 Å². The maximum absolute atomic E-state index is 6.02. The highest BCUT2D eigenvalue weighted by Gasteiger charge is 2.25. The lowest BCUT2D eigenvalue weighted by Crippen LogP contribution is -2.15. The van der Waals surface area contributed by atoms with Crippen molar-refractivity contribution < 1.29 is 0 Å². The third-order valence-corrected chi connectivity index (χ3v) is 4.37. The van der Waals surface area contributed by atoms with E-state index in [1.165, 1.54) is 0 Å². The van der Waals surface area contributed by atoms with E-state index in [0.717, 1.165) is 10.8 Å². The summed E-state index contributed by atoms with van der Waals surface area (Å²) < 4.78 is 0. The highest BCUT2D eigenvalue weighted by Crippen LogP contribution is 2.30. The molecular weight excluding hydrogens is 207 g/mol. The average molecular weight is 217 g/mol. The summed E-state index contributed by atoms with van der Waals surface area (Å²) in [6.07, 6.45) is 0. The quantitative estimate of drug-likeness (QED) is 0.522. The fourth-order valence-corrected chi connectivity index (χ4v) is 2.22. The Bertz CT molecular complexity index is 274. The van der Waals surface area contributed by atoms with Crippen molar-refractivity contribution in [2.24, 2.45) is 0 Å². The summed E-state index contributed by atoms with van der Waals surface area (Å²) in [4.78, 5) is 0. The van der Waals surface area contributed by atoms with Crippen LogP contribution in [-0.2, 0) is 0 Å². The molecule has 0 amide bonds. The van der Waals surface area contributed by atoms with Crippen LogP contribution in [0.4, 0.5) is 0 Å². The van der Waals surface area contributed by atoms with E-state index in [4.69, 9.17) is 22.2 Å². The zero-order chi connectivity index (χ0) is 9.19. The molecule has 0 bridgehead atoms. The summed E-state index contributed by atoms with van der Waals surface area (Å²) >= 11 is 12.0. The van der Waals surface area contributed by atoms with E-state index in [1.807, 2.05) is 36.9 Å². The van der Waals surface area contributed by atoms with Crippen molar-refractivity contribution in [1.82, 2.24) is 0 Å². The average Bonchev–Trinajstić information content (AvgIpc) is 2.03. The summed E-state index contributed by atoms with van der Waals surface area (Å²) in [6, 6.07) is 9.80. The van der Waals surface area contributed by atoms with Gasteiger partial charge in [0.2, 0.25) is 0 Å². The van der Waals surface area contributed by atoms with Gasteiger partial charge in [0, 0.05) is 0 Å². The van der Waals surface area contributed by atoms with Crippen LogP contribution in [0.3, 0.4) is 0 Å². The van der Waals surface area contributed by atoms with Crippen molar-refractivity contribution >= 4 is 34.0 Å². The van der Waals surface area contributed by atoms with Crippen molar-refractivity contribution in [3.8, 4) is 0 Å². The zero-order valence-corrected chi connectivity index (χ0v) is 9.36. The van der Waals surface area contributed by atoms with Gasteiger partial charge in [-0.3, -0.25) is 0 Å². The molecule has 1 aromatic rings. The van der Waals surface area contributed by atoms with Gasteiger partial charge in [0.15, 0.2) is 0 Å². The first-order valence-corrected chi connectivity index (χ1v) is 8.17. The van der Waals surface area contributed by atoms with Crippen LogP contribution in [0.25, 0.3) is 5.20 Å². The Labute approximate surface area is 83.2 Å². The molecule has 0 aromatic heterocycles. The number of halogens is 2. The van der Waals surface area contributed by atoms with Gasteiger partial charge in [-0.15, -0.1) is 22.2 Å². The lowest BCUT2D eigenvalue weighted by Gasteiger charge is -2.13. The van der Waals surface area contributed by atoms with Crippen molar-refractivity contribution in [1.29, 1.82) is 0 Å². The second kappa shape index (κ2) is 3.65. The lowest BCUT2D eigenvalue weighted by molar-refractivity contribution is 1.65. The Hall–Kier alpha value is -0.243. The Morgan fingerprint density at radius 2 is 1.75 bits per heavy atom. The molecule has 0 saturated carbocycles. The molecular formula is C9H10Cl2Si. The summed E-state index contributed by atoms with van der Waals surface area (Å²) in [7, 11) is 0. The van der Waals surface area contributed by atoms with Gasteiger partial charge in [-0.25, -0.2) is 0 Å². The number of hydrogen-bond acceptors (Lipinski definition) is 0. The molecule has 0 spiro atoms. The second-order valence-electron chi connectivity index (χ2n) is 2.73. The molecule has 1 aromatic carbocycles. The first-order valence-electron chi connectivity index (χ1n) is 3.64. The minimum Gasteiger partial charge on any atom is -0.140 e. The van der Waals surface area contributed by atoms with E-state index in [9.17, 15) is 0 Å². The minimum atomic E-state index is -2.25. The van der Waals surface area contributed by atoms with Crippen LogP contribution in [0.5, 0.6) is 0 Å². The standard InChI is InChI=1S/C9H10Cl2Si/c1-8(12(2,10)11)9-6-4-3-5-7-9/h3-7H,1H2,2H3. The molecule has 0 N–H and O–H groups in total. The summed E-state index contributed by atoms with van der Waals surface area (Å²) in [6.45, 7) is 3.50. The third-order valence-electron chi connectivity index (χ3n) is 1.65. The molecule has 1 rings (SSSR count). The molecule has 0 aliphatic rings. The van der Waals surface area contributed by atoms with Crippen molar-refractivity contribution in [2.45, 2.75) is 6.55 Å². The van der Waals surface area contributed by atoms with E-state index >= 15 is 0 Å². The molecule has 0 nitrogen and oxygen atoms in total. The molecule has 0 radical (unpaired) electrons. The predicted octanol–water partition coefficient (Wildman–Crippen LogP) is 3.79. The van der Waals surface area contributed by atoms with Crippen LogP contribution in [0.15, 0.2) is 36.9 Å². The maximum Gasteiger partial charge on any atom is 0.277 e. The molecule has 0 atom stereocenters. The van der Waals surface area contributed by atoms with Crippen molar-refractivity contribution in [2.75, 3.05) is 0 Å². The first-order chi connectivity index (χ1) is 5.52. The Morgan fingerprint density at radius 1 is 1.25 bits per heavy atom. The van der Waals surface area contributed by atoms with Gasteiger partial charge in [-0.05, 0) is 17.3 Å². The Balaban J connectivity index is 2.94. The van der Waals surface area contributed by atoms with E-state index in [0.29, 0.717) is 0 Å². The topological polar surface area (TPSA) is 0 Å². The van der Waals surface area contributed by atoms with Crippen LogP contribution < -0.4 is 0 Å². The number of benzene rings is 1. The third kappa shape index (κ3) is 2.37. The fraction of sp³-hybridized carbons (Fsp3) is 0.111.